The third-order valence-corrected chi connectivity index (χ3v) is 5.20. The number of rotatable bonds is 8. The van der Waals surface area contributed by atoms with Crippen molar-refractivity contribution in [3.05, 3.63) is 29.8 Å². The smallest absolute Gasteiger partial charge is 0.240 e. The van der Waals surface area contributed by atoms with Crippen molar-refractivity contribution >= 4 is 10.0 Å². The highest BCUT2D eigenvalue weighted by Gasteiger charge is 2.27. The van der Waals surface area contributed by atoms with Crippen molar-refractivity contribution in [2.24, 2.45) is 5.73 Å². The molecule has 1 aliphatic rings. The van der Waals surface area contributed by atoms with Gasteiger partial charge in [-0.25, -0.2) is 13.1 Å². The molecule has 20 heavy (non-hydrogen) atoms. The van der Waals surface area contributed by atoms with Crippen molar-refractivity contribution in [2.75, 3.05) is 19.6 Å². The molecule has 112 valence electrons. The molecule has 0 saturated heterocycles. The molecule has 0 amide bonds. The van der Waals surface area contributed by atoms with Crippen LogP contribution in [0.15, 0.2) is 29.2 Å². The van der Waals surface area contributed by atoms with Crippen LogP contribution >= 0.6 is 0 Å². The number of nitrogens with one attached hydrogen (secondary N) is 1. The number of nitrogens with two attached hydrogens (primary N) is 1. The summed E-state index contributed by atoms with van der Waals surface area (Å²) >= 11 is 0. The Labute approximate surface area is 121 Å². The molecule has 2 rings (SSSR count). The molecular weight excluding hydrogens is 274 g/mol. The van der Waals surface area contributed by atoms with E-state index in [9.17, 15) is 8.42 Å². The molecular formula is C14H23N3O2S. The van der Waals surface area contributed by atoms with Gasteiger partial charge in [-0.05, 0) is 31.0 Å². The lowest BCUT2D eigenvalue weighted by molar-refractivity contribution is 0.282. The maximum absolute atomic E-state index is 12.3. The van der Waals surface area contributed by atoms with Crippen LogP contribution in [-0.4, -0.2) is 39.0 Å². The number of nitrogens with zero attached hydrogens (tertiary/aromatic N) is 1. The summed E-state index contributed by atoms with van der Waals surface area (Å²) < 4.78 is 27.2. The van der Waals surface area contributed by atoms with E-state index < -0.39 is 10.0 Å². The fraction of sp³-hybridized carbons (Fsp3) is 0.571. The van der Waals surface area contributed by atoms with Gasteiger partial charge in [-0.1, -0.05) is 25.1 Å². The van der Waals surface area contributed by atoms with E-state index >= 15 is 0 Å². The molecule has 6 heteroatoms. The predicted molar refractivity (Wildman–Crippen MR) is 79.8 cm³/mol. The maximum atomic E-state index is 12.3. The molecule has 1 aromatic carbocycles. The summed E-state index contributed by atoms with van der Waals surface area (Å²) in [6.45, 7) is 4.49. The van der Waals surface area contributed by atoms with Gasteiger partial charge in [0.15, 0.2) is 0 Å². The molecule has 1 aromatic rings. The summed E-state index contributed by atoms with van der Waals surface area (Å²) in [5.74, 6) is 0. The van der Waals surface area contributed by atoms with Crippen molar-refractivity contribution < 1.29 is 8.42 Å². The van der Waals surface area contributed by atoms with Crippen LogP contribution in [0.5, 0.6) is 0 Å². The highest BCUT2D eigenvalue weighted by molar-refractivity contribution is 7.89. The SMILES string of the molecule is CCN(CCNS(=O)(=O)c1ccccc1CN)C1CC1. The van der Waals surface area contributed by atoms with Gasteiger partial charge >= 0.3 is 0 Å². The summed E-state index contributed by atoms with van der Waals surface area (Å²) in [5, 5.41) is 0. The number of benzene rings is 1. The van der Waals surface area contributed by atoms with Crippen molar-refractivity contribution in [1.82, 2.24) is 9.62 Å². The zero-order valence-electron chi connectivity index (χ0n) is 11.9. The average molecular weight is 297 g/mol. The Morgan fingerprint density at radius 3 is 2.65 bits per heavy atom. The highest BCUT2D eigenvalue weighted by Crippen LogP contribution is 2.25. The van der Waals surface area contributed by atoms with Gasteiger partial charge in [0.05, 0.1) is 4.90 Å². The Balaban J connectivity index is 1.96. The Bertz CT molecular complexity index is 541. The molecule has 5 nitrogen and oxygen atoms in total. The number of likely N-dealkylation sites (N-methyl/N-ethyl adjacent to an activating group) is 1. The highest BCUT2D eigenvalue weighted by atomic mass is 32.2. The van der Waals surface area contributed by atoms with Crippen molar-refractivity contribution in [2.45, 2.75) is 37.2 Å². The zero-order chi connectivity index (χ0) is 14.6. The van der Waals surface area contributed by atoms with Gasteiger partial charge in [-0.3, -0.25) is 4.90 Å². The van der Waals surface area contributed by atoms with Gasteiger partial charge in [0, 0.05) is 25.7 Å². The molecule has 1 saturated carbocycles. The Morgan fingerprint density at radius 2 is 2.05 bits per heavy atom. The fourth-order valence-corrected chi connectivity index (χ4v) is 3.64. The molecule has 0 heterocycles. The van der Waals surface area contributed by atoms with E-state index in [1.54, 1.807) is 24.3 Å². The first-order chi connectivity index (χ1) is 9.58. The molecule has 0 atom stereocenters. The molecule has 0 aromatic heterocycles. The van der Waals surface area contributed by atoms with Gasteiger partial charge in [0.1, 0.15) is 0 Å². The van der Waals surface area contributed by atoms with Crippen LogP contribution in [0.1, 0.15) is 25.3 Å². The van der Waals surface area contributed by atoms with Crippen molar-refractivity contribution in [3.63, 3.8) is 0 Å². The van der Waals surface area contributed by atoms with Crippen molar-refractivity contribution in [3.8, 4) is 0 Å². The third-order valence-electron chi connectivity index (χ3n) is 3.64. The first-order valence-corrected chi connectivity index (χ1v) is 8.58. The van der Waals surface area contributed by atoms with Gasteiger partial charge in [-0.15, -0.1) is 0 Å². The third kappa shape index (κ3) is 3.79. The molecule has 0 aliphatic heterocycles. The second-order valence-electron chi connectivity index (χ2n) is 5.07. The van der Waals surface area contributed by atoms with Gasteiger partial charge in [0.2, 0.25) is 10.0 Å². The lowest BCUT2D eigenvalue weighted by Gasteiger charge is -2.20. The summed E-state index contributed by atoms with van der Waals surface area (Å²) in [4.78, 5) is 2.61. The minimum Gasteiger partial charge on any atom is -0.326 e. The number of hydrogen-bond donors (Lipinski definition) is 2. The first kappa shape index (κ1) is 15.4. The minimum atomic E-state index is -3.47. The number of hydrogen-bond acceptors (Lipinski definition) is 4. The van der Waals surface area contributed by atoms with Crippen molar-refractivity contribution in [1.29, 1.82) is 0 Å². The Hall–Kier alpha value is -0.950. The normalized spacial score (nSPS) is 15.8. The summed E-state index contributed by atoms with van der Waals surface area (Å²) in [5.41, 5.74) is 6.24. The van der Waals surface area contributed by atoms with E-state index in [0.717, 1.165) is 13.1 Å². The molecule has 0 radical (unpaired) electrons. The Kier molecular flexibility index (Phi) is 5.15. The topological polar surface area (TPSA) is 75.4 Å². The predicted octanol–water partition coefficient (Wildman–Crippen LogP) is 0.908. The van der Waals surface area contributed by atoms with Crippen LogP contribution in [0, 0.1) is 0 Å². The maximum Gasteiger partial charge on any atom is 0.240 e. The Morgan fingerprint density at radius 1 is 1.35 bits per heavy atom. The molecule has 0 spiro atoms. The van der Waals surface area contributed by atoms with Gasteiger partial charge in [-0.2, -0.15) is 0 Å². The van der Waals surface area contributed by atoms with E-state index in [4.69, 9.17) is 5.73 Å². The average Bonchev–Trinajstić information content (AvgIpc) is 3.28. The van der Waals surface area contributed by atoms with Gasteiger partial charge in [0.25, 0.3) is 0 Å². The summed E-state index contributed by atoms with van der Waals surface area (Å²) in [6, 6.07) is 7.52. The number of sulfonamides is 1. The molecule has 3 N–H and O–H groups in total. The summed E-state index contributed by atoms with van der Waals surface area (Å²) in [7, 11) is -3.47. The fourth-order valence-electron chi connectivity index (χ4n) is 2.37. The van der Waals surface area contributed by atoms with Crippen LogP contribution in [0.2, 0.25) is 0 Å². The summed E-state index contributed by atoms with van der Waals surface area (Å²) in [6.07, 6.45) is 2.47. The van der Waals surface area contributed by atoms with E-state index in [1.807, 2.05) is 0 Å². The molecule has 0 unspecified atom stereocenters. The van der Waals surface area contributed by atoms with E-state index in [1.165, 1.54) is 12.8 Å². The monoisotopic (exact) mass is 297 g/mol. The van der Waals surface area contributed by atoms with Crippen LogP contribution < -0.4 is 10.5 Å². The second-order valence-corrected chi connectivity index (χ2v) is 6.80. The molecule has 1 aliphatic carbocycles. The zero-order valence-corrected chi connectivity index (χ0v) is 12.7. The van der Waals surface area contributed by atoms with Gasteiger partial charge < -0.3 is 5.73 Å². The van der Waals surface area contributed by atoms with E-state index in [-0.39, 0.29) is 11.4 Å². The van der Waals surface area contributed by atoms with Crippen LogP contribution in [0.3, 0.4) is 0 Å². The minimum absolute atomic E-state index is 0.222. The molecule has 1 fully saturated rings. The largest absolute Gasteiger partial charge is 0.326 e. The quantitative estimate of drug-likeness (QED) is 0.748. The van der Waals surface area contributed by atoms with Crippen LogP contribution in [-0.2, 0) is 16.6 Å². The standard InChI is InChI=1S/C14H23N3O2S/c1-2-17(13-7-8-13)10-9-16-20(18,19)14-6-4-3-5-12(14)11-15/h3-6,13,16H,2,7-11,15H2,1H3. The second kappa shape index (κ2) is 6.67. The lowest BCUT2D eigenvalue weighted by Crippen LogP contribution is -2.36. The van der Waals surface area contributed by atoms with E-state index in [2.05, 4.69) is 16.5 Å². The van der Waals surface area contributed by atoms with Crippen LogP contribution in [0.4, 0.5) is 0 Å². The lowest BCUT2D eigenvalue weighted by atomic mass is 10.2. The van der Waals surface area contributed by atoms with E-state index in [0.29, 0.717) is 18.2 Å². The first-order valence-electron chi connectivity index (χ1n) is 7.10. The van der Waals surface area contributed by atoms with Crippen LogP contribution in [0.25, 0.3) is 0 Å². The molecule has 0 bridgehead atoms.